The maximum Gasteiger partial charge on any atom is 0.175 e. The Balaban J connectivity index is 2.19. The van der Waals surface area contributed by atoms with Gasteiger partial charge in [-0.2, -0.15) is 0 Å². The van der Waals surface area contributed by atoms with Crippen LogP contribution in [-0.4, -0.2) is 7.11 Å². The number of thiophene rings is 1. The molecule has 0 unspecified atom stereocenters. The molecule has 6 heteroatoms. The summed E-state index contributed by atoms with van der Waals surface area (Å²) in [6.45, 7) is 0.527. The van der Waals surface area contributed by atoms with Gasteiger partial charge in [0.15, 0.2) is 11.5 Å². The molecule has 0 atom stereocenters. The molecule has 0 aliphatic carbocycles. The third-order valence-corrected chi connectivity index (χ3v) is 5.26. The number of benzene rings is 1. The predicted molar refractivity (Wildman–Crippen MR) is 89.7 cm³/mol. The zero-order valence-electron chi connectivity index (χ0n) is 10.1. The van der Waals surface area contributed by atoms with Gasteiger partial charge in [0, 0.05) is 10.2 Å². The third-order valence-electron chi connectivity index (χ3n) is 2.43. The molecule has 0 aliphatic rings. The highest BCUT2D eigenvalue weighted by Gasteiger charge is 2.12. The lowest BCUT2D eigenvalue weighted by Crippen LogP contribution is -1.98. The van der Waals surface area contributed by atoms with E-state index in [1.165, 1.54) is 0 Å². The maximum absolute atomic E-state index is 5.86. The molecule has 0 bridgehead atoms. The van der Waals surface area contributed by atoms with E-state index in [0.717, 1.165) is 35.5 Å². The van der Waals surface area contributed by atoms with E-state index in [9.17, 15) is 0 Å². The highest BCUT2D eigenvalue weighted by Crippen LogP contribution is 2.38. The van der Waals surface area contributed by atoms with Crippen molar-refractivity contribution in [1.29, 1.82) is 0 Å². The first-order valence-electron chi connectivity index (χ1n) is 5.43. The monoisotopic (exact) mass is 468 g/mol. The van der Waals surface area contributed by atoms with Gasteiger partial charge in [0.2, 0.25) is 0 Å². The average Bonchev–Trinajstić information content (AvgIpc) is 2.82. The largest absolute Gasteiger partial charge is 0.493 e. The van der Waals surface area contributed by atoms with Gasteiger partial charge < -0.3 is 9.47 Å². The van der Waals surface area contributed by atoms with Crippen molar-refractivity contribution in [1.82, 2.24) is 0 Å². The van der Waals surface area contributed by atoms with Crippen molar-refractivity contribution in [3.05, 3.63) is 43.0 Å². The number of methoxy groups -OCH3 is 1. The van der Waals surface area contributed by atoms with Crippen molar-refractivity contribution in [2.24, 2.45) is 0 Å². The minimum atomic E-state index is 0.527. The number of ether oxygens (including phenoxy) is 2. The van der Waals surface area contributed by atoms with E-state index < -0.39 is 0 Å². The maximum atomic E-state index is 5.86. The molecule has 1 heterocycles. The summed E-state index contributed by atoms with van der Waals surface area (Å²) in [6.07, 6.45) is 0. The molecule has 0 amide bonds. The lowest BCUT2D eigenvalue weighted by Gasteiger charge is -2.13. The van der Waals surface area contributed by atoms with Crippen LogP contribution in [-0.2, 0) is 11.9 Å². The Morgan fingerprint density at radius 1 is 1.21 bits per heavy atom. The van der Waals surface area contributed by atoms with E-state index >= 15 is 0 Å². The number of hydrogen-bond acceptors (Lipinski definition) is 3. The number of rotatable bonds is 5. The Labute approximate surface area is 141 Å². The molecule has 0 aliphatic heterocycles. The standard InChI is InChI=1S/C13H11Br3O2S/c1-17-11-5-8(6-14)4-10(15)13(11)18-7-9-2-3-12(16)19-9/h2-5H,6-7H2,1H3. The van der Waals surface area contributed by atoms with Crippen LogP contribution in [0.25, 0.3) is 0 Å². The minimum absolute atomic E-state index is 0.527. The molecule has 0 fully saturated rings. The fourth-order valence-electron chi connectivity index (χ4n) is 1.56. The molecule has 2 aromatic rings. The van der Waals surface area contributed by atoms with Crippen LogP contribution in [0, 0.1) is 0 Å². The van der Waals surface area contributed by atoms with E-state index in [1.807, 2.05) is 24.3 Å². The minimum Gasteiger partial charge on any atom is -0.493 e. The molecule has 0 radical (unpaired) electrons. The van der Waals surface area contributed by atoms with Crippen LogP contribution in [0.4, 0.5) is 0 Å². The number of halogens is 3. The molecule has 0 N–H and O–H groups in total. The topological polar surface area (TPSA) is 18.5 Å². The smallest absolute Gasteiger partial charge is 0.175 e. The first kappa shape index (κ1) is 15.4. The second kappa shape index (κ2) is 7.11. The van der Waals surface area contributed by atoms with Crippen molar-refractivity contribution < 1.29 is 9.47 Å². The van der Waals surface area contributed by atoms with Gasteiger partial charge in [0.05, 0.1) is 15.4 Å². The van der Waals surface area contributed by atoms with Crippen LogP contribution >= 0.6 is 59.1 Å². The van der Waals surface area contributed by atoms with Gasteiger partial charge in [-0.05, 0) is 61.7 Å². The molecule has 2 rings (SSSR count). The summed E-state index contributed by atoms with van der Waals surface area (Å²) in [7, 11) is 1.65. The molecule has 1 aromatic carbocycles. The van der Waals surface area contributed by atoms with Crippen molar-refractivity contribution in [2.45, 2.75) is 11.9 Å². The summed E-state index contributed by atoms with van der Waals surface area (Å²) in [5.74, 6) is 1.47. The van der Waals surface area contributed by atoms with Crippen LogP contribution in [0.5, 0.6) is 11.5 Å². The van der Waals surface area contributed by atoms with Gasteiger partial charge in [-0.15, -0.1) is 11.3 Å². The molecule has 0 saturated heterocycles. The zero-order chi connectivity index (χ0) is 13.8. The molecule has 0 spiro atoms. The summed E-state index contributed by atoms with van der Waals surface area (Å²) in [5.41, 5.74) is 1.13. The van der Waals surface area contributed by atoms with Gasteiger partial charge >= 0.3 is 0 Å². The number of alkyl halides is 1. The molecular formula is C13H11Br3O2S. The fraction of sp³-hybridized carbons (Fsp3) is 0.231. The lowest BCUT2D eigenvalue weighted by atomic mass is 10.2. The van der Waals surface area contributed by atoms with Crippen molar-refractivity contribution in [2.75, 3.05) is 7.11 Å². The van der Waals surface area contributed by atoms with Crippen LogP contribution < -0.4 is 9.47 Å². The van der Waals surface area contributed by atoms with E-state index in [0.29, 0.717) is 6.61 Å². The van der Waals surface area contributed by atoms with Gasteiger partial charge in [-0.3, -0.25) is 0 Å². The highest BCUT2D eigenvalue weighted by atomic mass is 79.9. The quantitative estimate of drug-likeness (QED) is 0.517. The Kier molecular flexibility index (Phi) is 5.74. The lowest BCUT2D eigenvalue weighted by molar-refractivity contribution is 0.285. The molecule has 0 saturated carbocycles. The van der Waals surface area contributed by atoms with Gasteiger partial charge in [-0.25, -0.2) is 0 Å². The zero-order valence-corrected chi connectivity index (χ0v) is 15.7. The van der Waals surface area contributed by atoms with Crippen molar-refractivity contribution in [3.8, 4) is 11.5 Å². The van der Waals surface area contributed by atoms with Crippen molar-refractivity contribution in [3.63, 3.8) is 0 Å². The van der Waals surface area contributed by atoms with Gasteiger partial charge in [0.1, 0.15) is 6.61 Å². The summed E-state index contributed by atoms with van der Waals surface area (Å²) >= 11 is 12.1. The number of hydrogen-bond donors (Lipinski definition) is 0. The first-order chi connectivity index (χ1) is 9.13. The summed E-state index contributed by atoms with van der Waals surface area (Å²) < 4.78 is 13.2. The van der Waals surface area contributed by atoms with E-state index in [-0.39, 0.29) is 0 Å². The molecular weight excluding hydrogens is 460 g/mol. The molecule has 102 valence electrons. The Morgan fingerprint density at radius 2 is 2.00 bits per heavy atom. The van der Waals surface area contributed by atoms with Crippen LogP contribution in [0.3, 0.4) is 0 Å². The van der Waals surface area contributed by atoms with E-state index in [4.69, 9.17) is 9.47 Å². The van der Waals surface area contributed by atoms with Gasteiger partial charge in [-0.1, -0.05) is 15.9 Å². The summed E-state index contributed by atoms with van der Waals surface area (Å²) in [6, 6.07) is 8.06. The van der Waals surface area contributed by atoms with Gasteiger partial charge in [0.25, 0.3) is 0 Å². The third kappa shape index (κ3) is 3.97. The Bertz CT molecular complexity index is 569. The SMILES string of the molecule is COc1cc(CBr)cc(Br)c1OCc1ccc(Br)s1. The first-order valence-corrected chi connectivity index (χ1v) is 8.96. The average molecular weight is 471 g/mol. The van der Waals surface area contributed by atoms with E-state index in [1.54, 1.807) is 18.4 Å². The van der Waals surface area contributed by atoms with Crippen LogP contribution in [0.2, 0.25) is 0 Å². The Morgan fingerprint density at radius 3 is 2.58 bits per heavy atom. The normalized spacial score (nSPS) is 10.5. The van der Waals surface area contributed by atoms with Crippen LogP contribution in [0.1, 0.15) is 10.4 Å². The summed E-state index contributed by atoms with van der Waals surface area (Å²) in [4.78, 5) is 1.16. The second-order valence-electron chi connectivity index (χ2n) is 3.74. The Hall–Kier alpha value is -0.0400. The predicted octanol–water partition coefficient (Wildman–Crippen LogP) is 5.76. The molecule has 19 heavy (non-hydrogen) atoms. The van der Waals surface area contributed by atoms with E-state index in [2.05, 4.69) is 47.8 Å². The van der Waals surface area contributed by atoms with Crippen LogP contribution in [0.15, 0.2) is 32.5 Å². The highest BCUT2D eigenvalue weighted by molar-refractivity contribution is 9.11. The molecule has 1 aromatic heterocycles. The molecule has 2 nitrogen and oxygen atoms in total. The van der Waals surface area contributed by atoms with Crippen molar-refractivity contribution >= 4 is 59.1 Å². The second-order valence-corrected chi connectivity index (χ2v) is 7.70. The summed E-state index contributed by atoms with van der Waals surface area (Å²) in [5, 5.41) is 0.778. The fourth-order valence-corrected chi connectivity index (χ4v) is 3.89.